The Kier molecular flexibility index (Phi) is 5.63. The van der Waals surface area contributed by atoms with Gasteiger partial charge in [-0.25, -0.2) is 5.43 Å². The second kappa shape index (κ2) is 6.87. The van der Waals surface area contributed by atoms with Crippen molar-refractivity contribution in [3.8, 4) is 0 Å². The van der Waals surface area contributed by atoms with E-state index in [2.05, 4.69) is 91.0 Å². The lowest BCUT2D eigenvalue weighted by Gasteiger charge is -2.22. The van der Waals surface area contributed by atoms with E-state index in [1.54, 1.807) is 0 Å². The summed E-state index contributed by atoms with van der Waals surface area (Å²) in [6.45, 7) is 4.20. The van der Waals surface area contributed by atoms with Gasteiger partial charge in [0, 0.05) is 14.1 Å². The van der Waals surface area contributed by atoms with Gasteiger partial charge in [-0.1, -0.05) is 15.9 Å². The third-order valence-electron chi connectivity index (χ3n) is 2.99. The van der Waals surface area contributed by atoms with Crippen LogP contribution in [-0.2, 0) is 0 Å². The van der Waals surface area contributed by atoms with Gasteiger partial charge in [0.1, 0.15) is 0 Å². The maximum atomic E-state index is 5.82. The number of nitrogens with one attached hydrogen (secondary N) is 1. The Morgan fingerprint density at radius 2 is 2.00 bits per heavy atom. The van der Waals surface area contributed by atoms with Crippen LogP contribution >= 0.6 is 54.5 Å². The van der Waals surface area contributed by atoms with E-state index >= 15 is 0 Å². The van der Waals surface area contributed by atoms with E-state index in [9.17, 15) is 0 Å². The summed E-state index contributed by atoms with van der Waals surface area (Å²) in [6.07, 6.45) is 1.81. The van der Waals surface area contributed by atoms with E-state index < -0.39 is 0 Å². The highest BCUT2D eigenvalue weighted by molar-refractivity contribution is 14.1. The summed E-state index contributed by atoms with van der Waals surface area (Å²) >= 11 is 9.47. The number of nitrogens with zero attached hydrogens (tertiary/aromatic N) is 2. The monoisotopic (exact) mass is 512 g/mol. The van der Waals surface area contributed by atoms with E-state index in [0.29, 0.717) is 0 Å². The Labute approximate surface area is 148 Å². The zero-order chi connectivity index (χ0) is 14.9. The molecule has 0 saturated heterocycles. The van der Waals surface area contributed by atoms with Crippen molar-refractivity contribution in [2.24, 2.45) is 5.84 Å². The number of nitrogens with two attached hydrogens (primary N) is 1. The molecule has 0 radical (unpaired) electrons. The number of hydrazine groups is 1. The van der Waals surface area contributed by atoms with Gasteiger partial charge in [-0.05, 0) is 76.1 Å². The molecule has 0 fully saturated rings. The lowest BCUT2D eigenvalue weighted by atomic mass is 10.0. The topological polar surface area (TPSA) is 55.9 Å². The fourth-order valence-corrected chi connectivity index (χ4v) is 3.58. The van der Waals surface area contributed by atoms with Crippen molar-refractivity contribution in [3.63, 3.8) is 0 Å². The van der Waals surface area contributed by atoms with Gasteiger partial charge in [-0.3, -0.25) is 10.5 Å². The van der Waals surface area contributed by atoms with Crippen LogP contribution in [0, 0.1) is 3.57 Å². The molecule has 20 heavy (non-hydrogen) atoms. The molecule has 3 N–H and O–H groups in total. The van der Waals surface area contributed by atoms with Gasteiger partial charge >= 0.3 is 0 Å². The molecular weight excluding hydrogens is 499 g/mol. The standard InChI is InChI=1S/C13H15Br2IN4/c1-7(2)20-13(11(15)6-18-20)12(19-17)9-5-8(16)3-4-10(9)14/h3-7,12,19H,17H2,1-2H3. The second-order valence-corrected chi connectivity index (χ2v) is 7.64. The molecule has 1 unspecified atom stereocenters. The van der Waals surface area contributed by atoms with Gasteiger partial charge in [0.05, 0.1) is 22.4 Å². The van der Waals surface area contributed by atoms with Crippen LogP contribution in [0.1, 0.15) is 37.2 Å². The maximum Gasteiger partial charge on any atom is 0.0901 e. The molecule has 1 aromatic carbocycles. The van der Waals surface area contributed by atoms with Crippen molar-refractivity contribution in [1.82, 2.24) is 15.2 Å². The Hall–Kier alpha value is 0.0400. The molecule has 0 aliphatic carbocycles. The Bertz CT molecular complexity index is 612. The summed E-state index contributed by atoms with van der Waals surface area (Å²) in [5, 5.41) is 4.42. The Balaban J connectivity index is 2.58. The number of rotatable bonds is 4. The summed E-state index contributed by atoms with van der Waals surface area (Å²) in [5.41, 5.74) is 5.01. The van der Waals surface area contributed by atoms with Crippen LogP contribution in [0.4, 0.5) is 0 Å². The van der Waals surface area contributed by atoms with Crippen LogP contribution in [0.25, 0.3) is 0 Å². The first kappa shape index (κ1) is 16.4. The fourth-order valence-electron chi connectivity index (χ4n) is 2.08. The van der Waals surface area contributed by atoms with Crippen LogP contribution < -0.4 is 11.3 Å². The largest absolute Gasteiger partial charge is 0.271 e. The van der Waals surface area contributed by atoms with Gasteiger partial charge in [0.15, 0.2) is 0 Å². The first-order chi connectivity index (χ1) is 9.45. The van der Waals surface area contributed by atoms with Crippen molar-refractivity contribution in [1.29, 1.82) is 0 Å². The molecule has 1 heterocycles. The van der Waals surface area contributed by atoms with E-state index in [1.807, 2.05) is 16.9 Å². The summed E-state index contributed by atoms with van der Waals surface area (Å²) in [5.74, 6) is 5.82. The average molecular weight is 514 g/mol. The molecule has 1 atom stereocenters. The third-order valence-corrected chi connectivity index (χ3v) is 4.99. The van der Waals surface area contributed by atoms with Crippen molar-refractivity contribution in [3.05, 3.63) is 48.2 Å². The van der Waals surface area contributed by atoms with E-state index in [1.165, 1.54) is 0 Å². The van der Waals surface area contributed by atoms with E-state index in [-0.39, 0.29) is 12.1 Å². The van der Waals surface area contributed by atoms with E-state index in [4.69, 9.17) is 5.84 Å². The molecule has 2 aromatic rings. The van der Waals surface area contributed by atoms with Crippen LogP contribution in [0.15, 0.2) is 33.3 Å². The number of aromatic nitrogens is 2. The first-order valence-electron chi connectivity index (χ1n) is 6.09. The van der Waals surface area contributed by atoms with Crippen LogP contribution in [0.5, 0.6) is 0 Å². The molecule has 0 saturated carbocycles. The summed E-state index contributed by atoms with van der Waals surface area (Å²) in [7, 11) is 0. The third kappa shape index (κ3) is 3.27. The number of hydrogen-bond donors (Lipinski definition) is 2. The molecule has 7 heteroatoms. The first-order valence-corrected chi connectivity index (χ1v) is 8.76. The van der Waals surface area contributed by atoms with Gasteiger partial charge in [-0.2, -0.15) is 5.10 Å². The minimum atomic E-state index is -0.140. The molecular formula is C13H15Br2IN4. The van der Waals surface area contributed by atoms with Gasteiger partial charge in [0.25, 0.3) is 0 Å². The normalized spacial score (nSPS) is 12.9. The highest BCUT2D eigenvalue weighted by atomic mass is 127. The van der Waals surface area contributed by atoms with Crippen LogP contribution in [-0.4, -0.2) is 9.78 Å². The number of hydrogen-bond acceptors (Lipinski definition) is 3. The average Bonchev–Trinajstić information content (AvgIpc) is 2.77. The Morgan fingerprint density at radius 1 is 1.30 bits per heavy atom. The Morgan fingerprint density at radius 3 is 2.60 bits per heavy atom. The molecule has 108 valence electrons. The summed E-state index contributed by atoms with van der Waals surface area (Å²) in [4.78, 5) is 0. The highest BCUT2D eigenvalue weighted by Crippen LogP contribution is 2.34. The van der Waals surface area contributed by atoms with Crippen molar-refractivity contribution in [2.75, 3.05) is 0 Å². The zero-order valence-electron chi connectivity index (χ0n) is 11.1. The van der Waals surface area contributed by atoms with Gasteiger partial charge in [-0.15, -0.1) is 0 Å². The summed E-state index contributed by atoms with van der Waals surface area (Å²) in [6, 6.07) is 6.31. The van der Waals surface area contributed by atoms with Gasteiger partial charge < -0.3 is 0 Å². The molecule has 0 amide bonds. The van der Waals surface area contributed by atoms with Crippen molar-refractivity contribution in [2.45, 2.75) is 25.9 Å². The lowest BCUT2D eigenvalue weighted by molar-refractivity contribution is 0.475. The highest BCUT2D eigenvalue weighted by Gasteiger charge is 2.24. The number of halogens is 3. The van der Waals surface area contributed by atoms with Crippen LogP contribution in [0.3, 0.4) is 0 Å². The molecule has 2 rings (SSSR count). The maximum absolute atomic E-state index is 5.82. The predicted molar refractivity (Wildman–Crippen MR) is 96.3 cm³/mol. The van der Waals surface area contributed by atoms with Gasteiger partial charge in [0.2, 0.25) is 0 Å². The summed E-state index contributed by atoms with van der Waals surface area (Å²) < 4.78 is 5.10. The fraction of sp³-hybridized carbons (Fsp3) is 0.308. The second-order valence-electron chi connectivity index (χ2n) is 4.68. The smallest absolute Gasteiger partial charge is 0.0901 e. The van der Waals surface area contributed by atoms with Crippen molar-refractivity contribution < 1.29 is 0 Å². The minimum absolute atomic E-state index is 0.140. The quantitative estimate of drug-likeness (QED) is 0.367. The van der Waals surface area contributed by atoms with Crippen LogP contribution in [0.2, 0.25) is 0 Å². The minimum Gasteiger partial charge on any atom is -0.271 e. The van der Waals surface area contributed by atoms with E-state index in [0.717, 1.165) is 23.8 Å². The molecule has 0 spiro atoms. The SMILES string of the molecule is CC(C)n1ncc(Br)c1C(NN)c1cc(I)ccc1Br. The van der Waals surface area contributed by atoms with Crippen molar-refractivity contribution >= 4 is 54.5 Å². The zero-order valence-corrected chi connectivity index (χ0v) is 16.4. The molecule has 1 aromatic heterocycles. The molecule has 0 aliphatic rings. The molecule has 4 nitrogen and oxygen atoms in total. The predicted octanol–water partition coefficient (Wildman–Crippen LogP) is 4.15. The molecule has 0 aliphatic heterocycles. The molecule has 0 bridgehead atoms. The lowest BCUT2D eigenvalue weighted by Crippen LogP contribution is -2.31. The number of benzene rings is 1.